The van der Waals surface area contributed by atoms with Gasteiger partial charge in [-0.3, -0.25) is 4.79 Å². The lowest BCUT2D eigenvalue weighted by Crippen LogP contribution is -2.26. The van der Waals surface area contributed by atoms with Crippen molar-refractivity contribution in [2.24, 2.45) is 0 Å². The zero-order valence-electron chi connectivity index (χ0n) is 10.4. The summed E-state index contributed by atoms with van der Waals surface area (Å²) >= 11 is 11.9. The first-order chi connectivity index (χ1) is 9.08. The number of carbonyl (C=O) groups is 1. The Morgan fingerprint density at radius 2 is 1.79 bits per heavy atom. The quantitative estimate of drug-likeness (QED) is 0.888. The lowest BCUT2D eigenvalue weighted by atomic mass is 10.1. The second-order valence-electron chi connectivity index (χ2n) is 4.23. The predicted molar refractivity (Wildman–Crippen MR) is 78.8 cm³/mol. The first kappa shape index (κ1) is 13.9. The van der Waals surface area contributed by atoms with Gasteiger partial charge in [-0.2, -0.15) is 0 Å². The van der Waals surface area contributed by atoms with Crippen LogP contribution in [0.5, 0.6) is 0 Å². The minimum absolute atomic E-state index is 0.0938. The summed E-state index contributed by atoms with van der Waals surface area (Å²) in [6, 6.07) is 14.5. The molecule has 98 valence electrons. The van der Waals surface area contributed by atoms with Crippen LogP contribution in [0, 0.1) is 0 Å². The third-order valence-corrected chi connectivity index (χ3v) is 3.38. The van der Waals surface area contributed by atoms with Crippen molar-refractivity contribution in [2.45, 2.75) is 13.0 Å². The fraction of sp³-hybridized carbons (Fsp3) is 0.133. The van der Waals surface area contributed by atoms with Gasteiger partial charge >= 0.3 is 0 Å². The van der Waals surface area contributed by atoms with Gasteiger partial charge in [0.05, 0.1) is 16.6 Å². The number of hydrogen-bond donors (Lipinski definition) is 1. The fourth-order valence-corrected chi connectivity index (χ4v) is 2.15. The lowest BCUT2D eigenvalue weighted by molar-refractivity contribution is 0.0940. The number of hydrogen-bond acceptors (Lipinski definition) is 1. The van der Waals surface area contributed by atoms with E-state index in [0.29, 0.717) is 15.6 Å². The number of carbonyl (C=O) groups excluding carboxylic acids is 1. The van der Waals surface area contributed by atoms with E-state index in [0.717, 1.165) is 5.56 Å². The molecule has 19 heavy (non-hydrogen) atoms. The van der Waals surface area contributed by atoms with E-state index >= 15 is 0 Å². The Kier molecular flexibility index (Phi) is 4.46. The van der Waals surface area contributed by atoms with Crippen molar-refractivity contribution >= 4 is 29.1 Å². The molecule has 0 bridgehead atoms. The van der Waals surface area contributed by atoms with Crippen LogP contribution in [0.2, 0.25) is 10.0 Å². The number of rotatable bonds is 3. The van der Waals surface area contributed by atoms with Crippen LogP contribution in [-0.2, 0) is 0 Å². The third-order valence-electron chi connectivity index (χ3n) is 2.82. The van der Waals surface area contributed by atoms with Crippen LogP contribution in [0.25, 0.3) is 0 Å². The maximum absolute atomic E-state index is 12.1. The molecular formula is C15H13Cl2NO. The molecule has 0 fully saturated rings. The smallest absolute Gasteiger partial charge is 0.253 e. The molecule has 0 radical (unpaired) electrons. The molecule has 0 saturated carbocycles. The van der Waals surface area contributed by atoms with Gasteiger partial charge in [-0.05, 0) is 30.7 Å². The van der Waals surface area contributed by atoms with Crippen molar-refractivity contribution in [3.05, 3.63) is 69.7 Å². The van der Waals surface area contributed by atoms with Crippen molar-refractivity contribution in [3.8, 4) is 0 Å². The molecule has 1 amide bonds. The Morgan fingerprint density at radius 1 is 1.11 bits per heavy atom. The monoisotopic (exact) mass is 293 g/mol. The molecular weight excluding hydrogens is 281 g/mol. The molecule has 1 N–H and O–H groups in total. The maximum atomic E-state index is 12.1. The van der Waals surface area contributed by atoms with E-state index in [9.17, 15) is 4.79 Å². The first-order valence-corrected chi connectivity index (χ1v) is 6.64. The molecule has 0 aliphatic rings. The average molecular weight is 294 g/mol. The zero-order chi connectivity index (χ0) is 13.8. The van der Waals surface area contributed by atoms with Crippen molar-refractivity contribution in [2.75, 3.05) is 0 Å². The Morgan fingerprint density at radius 3 is 2.47 bits per heavy atom. The lowest BCUT2D eigenvalue weighted by Gasteiger charge is -2.15. The van der Waals surface area contributed by atoms with E-state index in [1.165, 1.54) is 0 Å². The molecule has 0 spiro atoms. The highest BCUT2D eigenvalue weighted by molar-refractivity contribution is 6.35. The van der Waals surface area contributed by atoms with Crippen molar-refractivity contribution in [3.63, 3.8) is 0 Å². The molecule has 0 aliphatic heterocycles. The summed E-state index contributed by atoms with van der Waals surface area (Å²) in [5, 5.41) is 3.78. The SMILES string of the molecule is C[C@H](NC(=O)c1cc(Cl)ccc1Cl)c1ccccc1. The van der Waals surface area contributed by atoms with Gasteiger partial charge < -0.3 is 5.32 Å². The second kappa shape index (κ2) is 6.09. The fourth-order valence-electron chi connectivity index (χ4n) is 1.77. The van der Waals surface area contributed by atoms with Gasteiger partial charge in [0, 0.05) is 5.02 Å². The van der Waals surface area contributed by atoms with E-state index in [4.69, 9.17) is 23.2 Å². The number of halogens is 2. The summed E-state index contributed by atoms with van der Waals surface area (Å²) in [5.41, 5.74) is 1.42. The zero-order valence-corrected chi connectivity index (χ0v) is 11.9. The molecule has 0 unspecified atom stereocenters. The molecule has 2 rings (SSSR count). The summed E-state index contributed by atoms with van der Waals surface area (Å²) in [6.07, 6.45) is 0. The van der Waals surface area contributed by atoms with Crippen LogP contribution in [-0.4, -0.2) is 5.91 Å². The topological polar surface area (TPSA) is 29.1 Å². The molecule has 0 aromatic heterocycles. The third kappa shape index (κ3) is 3.49. The van der Waals surface area contributed by atoms with E-state index in [2.05, 4.69) is 5.32 Å². The molecule has 0 saturated heterocycles. The molecule has 2 aromatic carbocycles. The minimum Gasteiger partial charge on any atom is -0.345 e. The van der Waals surface area contributed by atoms with Crippen LogP contribution in [0.3, 0.4) is 0 Å². The molecule has 0 aliphatic carbocycles. The standard InChI is InChI=1S/C15H13Cl2NO/c1-10(11-5-3-2-4-6-11)18-15(19)13-9-12(16)7-8-14(13)17/h2-10H,1H3,(H,18,19)/t10-/m0/s1. The Bertz CT molecular complexity index is 584. The summed E-state index contributed by atoms with van der Waals surface area (Å²) in [4.78, 5) is 12.1. The van der Waals surface area contributed by atoms with Crippen LogP contribution in [0.4, 0.5) is 0 Å². The highest BCUT2D eigenvalue weighted by atomic mass is 35.5. The highest BCUT2D eigenvalue weighted by Crippen LogP contribution is 2.21. The largest absolute Gasteiger partial charge is 0.345 e. The number of nitrogens with one attached hydrogen (secondary N) is 1. The van der Waals surface area contributed by atoms with E-state index in [-0.39, 0.29) is 11.9 Å². The van der Waals surface area contributed by atoms with Gasteiger partial charge in [-0.15, -0.1) is 0 Å². The summed E-state index contributed by atoms with van der Waals surface area (Å²) < 4.78 is 0. The Balaban J connectivity index is 2.15. The molecule has 0 heterocycles. The second-order valence-corrected chi connectivity index (χ2v) is 5.07. The summed E-state index contributed by atoms with van der Waals surface area (Å²) in [7, 11) is 0. The van der Waals surface area contributed by atoms with Gasteiger partial charge in [0.2, 0.25) is 0 Å². The van der Waals surface area contributed by atoms with Gasteiger partial charge in [-0.1, -0.05) is 53.5 Å². The Labute approximate surface area is 122 Å². The normalized spacial score (nSPS) is 11.9. The van der Waals surface area contributed by atoms with Gasteiger partial charge in [-0.25, -0.2) is 0 Å². The number of amides is 1. The van der Waals surface area contributed by atoms with Gasteiger partial charge in [0.15, 0.2) is 0 Å². The Hall–Kier alpha value is -1.51. The first-order valence-electron chi connectivity index (χ1n) is 5.89. The molecule has 4 heteroatoms. The van der Waals surface area contributed by atoms with Crippen LogP contribution >= 0.6 is 23.2 Å². The average Bonchev–Trinajstić information content (AvgIpc) is 2.42. The highest BCUT2D eigenvalue weighted by Gasteiger charge is 2.14. The van der Waals surface area contributed by atoms with Gasteiger partial charge in [0.25, 0.3) is 5.91 Å². The van der Waals surface area contributed by atoms with Crippen LogP contribution < -0.4 is 5.32 Å². The van der Waals surface area contributed by atoms with Crippen molar-refractivity contribution in [1.29, 1.82) is 0 Å². The number of benzene rings is 2. The molecule has 2 aromatic rings. The van der Waals surface area contributed by atoms with E-state index in [1.54, 1.807) is 18.2 Å². The summed E-state index contributed by atoms with van der Waals surface area (Å²) in [6.45, 7) is 1.92. The van der Waals surface area contributed by atoms with Crippen LogP contribution in [0.15, 0.2) is 48.5 Å². The van der Waals surface area contributed by atoms with E-state index in [1.807, 2.05) is 37.3 Å². The maximum Gasteiger partial charge on any atom is 0.253 e. The molecule has 2 nitrogen and oxygen atoms in total. The molecule has 1 atom stereocenters. The van der Waals surface area contributed by atoms with Crippen molar-refractivity contribution in [1.82, 2.24) is 5.32 Å². The minimum atomic E-state index is -0.233. The van der Waals surface area contributed by atoms with Crippen molar-refractivity contribution < 1.29 is 4.79 Å². The van der Waals surface area contributed by atoms with Crippen LogP contribution in [0.1, 0.15) is 28.9 Å². The van der Waals surface area contributed by atoms with E-state index < -0.39 is 0 Å². The predicted octanol–water partition coefficient (Wildman–Crippen LogP) is 4.48. The summed E-state index contributed by atoms with van der Waals surface area (Å²) in [5.74, 6) is -0.233. The van der Waals surface area contributed by atoms with Gasteiger partial charge in [0.1, 0.15) is 0 Å².